The van der Waals surface area contributed by atoms with Crippen molar-refractivity contribution in [2.75, 3.05) is 17.6 Å². The molecule has 0 saturated carbocycles. The van der Waals surface area contributed by atoms with Crippen molar-refractivity contribution in [3.05, 3.63) is 39.7 Å². The van der Waals surface area contributed by atoms with E-state index in [2.05, 4.69) is 17.2 Å². The van der Waals surface area contributed by atoms with Gasteiger partial charge in [0, 0.05) is 11.4 Å². The van der Waals surface area contributed by atoms with E-state index in [9.17, 15) is 14.4 Å². The van der Waals surface area contributed by atoms with Crippen LogP contribution >= 0.6 is 11.3 Å². The van der Waals surface area contributed by atoms with Gasteiger partial charge in [-0.05, 0) is 48.9 Å². The Labute approximate surface area is 173 Å². The molecule has 9 heteroatoms. The number of likely N-dealkylation sites (tertiary alicyclic amines) is 1. The minimum Gasteiger partial charge on any atom is -0.383 e. The van der Waals surface area contributed by atoms with Crippen LogP contribution in [0.3, 0.4) is 0 Å². The van der Waals surface area contributed by atoms with Crippen LogP contribution < -0.4 is 16.8 Å². The molecule has 154 valence electrons. The van der Waals surface area contributed by atoms with Crippen LogP contribution in [-0.4, -0.2) is 34.2 Å². The Hall–Kier alpha value is -2.94. The molecule has 0 unspecified atom stereocenters. The van der Waals surface area contributed by atoms with Gasteiger partial charge in [0.25, 0.3) is 5.91 Å². The average molecular weight is 416 g/mol. The Balaban J connectivity index is 1.79. The van der Waals surface area contributed by atoms with Gasteiger partial charge in [-0.15, -0.1) is 11.3 Å². The van der Waals surface area contributed by atoms with Gasteiger partial charge < -0.3 is 21.7 Å². The van der Waals surface area contributed by atoms with Gasteiger partial charge in [-0.2, -0.15) is 0 Å². The highest BCUT2D eigenvalue weighted by molar-refractivity contribution is 7.14. The molecule has 2 atom stereocenters. The van der Waals surface area contributed by atoms with Crippen molar-refractivity contribution in [1.82, 2.24) is 9.88 Å². The zero-order chi connectivity index (χ0) is 21.1. The van der Waals surface area contributed by atoms with Gasteiger partial charge >= 0.3 is 11.8 Å². The van der Waals surface area contributed by atoms with Crippen molar-refractivity contribution in [2.45, 2.75) is 39.2 Å². The first-order valence-corrected chi connectivity index (χ1v) is 10.4. The number of piperidine rings is 1. The van der Waals surface area contributed by atoms with E-state index in [-0.39, 0.29) is 12.0 Å². The summed E-state index contributed by atoms with van der Waals surface area (Å²) < 4.78 is 0. The maximum absolute atomic E-state index is 13.0. The number of anilines is 2. The number of pyridine rings is 1. The number of primary amides is 1. The summed E-state index contributed by atoms with van der Waals surface area (Å²) >= 11 is 1.27. The van der Waals surface area contributed by atoms with Crippen LogP contribution in [-0.2, 0) is 16.0 Å². The molecule has 1 aliphatic rings. The number of nitrogens with zero attached hydrogens (tertiary/aromatic N) is 2. The number of nitrogen functional groups attached to an aromatic ring is 1. The predicted molar refractivity (Wildman–Crippen MR) is 112 cm³/mol. The van der Waals surface area contributed by atoms with Crippen molar-refractivity contribution in [3.63, 3.8) is 0 Å². The lowest BCUT2D eigenvalue weighted by Crippen LogP contribution is -2.46. The molecule has 1 fully saturated rings. The molecule has 5 N–H and O–H groups in total. The number of hydrogen-bond donors (Lipinski definition) is 3. The minimum atomic E-state index is -0.718. The van der Waals surface area contributed by atoms with Crippen LogP contribution in [0.15, 0.2) is 24.4 Å². The topological polar surface area (TPSA) is 131 Å². The Morgan fingerprint density at radius 1 is 1.31 bits per heavy atom. The van der Waals surface area contributed by atoms with Gasteiger partial charge in [0.05, 0.1) is 22.8 Å². The first-order valence-electron chi connectivity index (χ1n) is 9.56. The fraction of sp³-hybridized carbons (Fsp3) is 0.400. The van der Waals surface area contributed by atoms with E-state index >= 15 is 0 Å². The number of aromatic nitrogens is 1. The SMILES string of the molecule is CCc1cc(NC(=O)C(=O)N2C[C@H](C)CC[C@H]2c2ccc(C(N)=O)s2)cnc1N. The summed E-state index contributed by atoms with van der Waals surface area (Å²) in [6.45, 7) is 4.46. The molecule has 3 heterocycles. The molecule has 2 aromatic heterocycles. The van der Waals surface area contributed by atoms with Crippen LogP contribution in [0.4, 0.5) is 11.5 Å². The maximum Gasteiger partial charge on any atom is 0.313 e. The van der Waals surface area contributed by atoms with E-state index in [4.69, 9.17) is 11.5 Å². The van der Waals surface area contributed by atoms with E-state index < -0.39 is 17.7 Å². The second-order valence-electron chi connectivity index (χ2n) is 7.30. The molecule has 1 aliphatic heterocycles. The number of nitrogens with two attached hydrogens (primary N) is 2. The molecule has 0 aromatic carbocycles. The molecule has 3 amide bonds. The van der Waals surface area contributed by atoms with Crippen LogP contribution in [0, 0.1) is 5.92 Å². The van der Waals surface area contributed by atoms with Crippen molar-refractivity contribution >= 4 is 40.6 Å². The molecule has 0 radical (unpaired) electrons. The zero-order valence-electron chi connectivity index (χ0n) is 16.5. The van der Waals surface area contributed by atoms with Crippen LogP contribution in [0.2, 0.25) is 0 Å². The largest absolute Gasteiger partial charge is 0.383 e. The van der Waals surface area contributed by atoms with Crippen molar-refractivity contribution < 1.29 is 14.4 Å². The van der Waals surface area contributed by atoms with Crippen molar-refractivity contribution in [2.24, 2.45) is 11.7 Å². The fourth-order valence-electron chi connectivity index (χ4n) is 3.52. The number of thiophene rings is 1. The second-order valence-corrected chi connectivity index (χ2v) is 8.41. The Morgan fingerprint density at radius 3 is 2.72 bits per heavy atom. The molecule has 0 aliphatic carbocycles. The molecule has 29 heavy (non-hydrogen) atoms. The van der Waals surface area contributed by atoms with E-state index in [0.717, 1.165) is 23.3 Å². The van der Waals surface area contributed by atoms with Crippen molar-refractivity contribution in [3.8, 4) is 0 Å². The zero-order valence-corrected chi connectivity index (χ0v) is 17.3. The smallest absolute Gasteiger partial charge is 0.313 e. The second kappa shape index (κ2) is 8.60. The molecule has 0 spiro atoms. The Bertz CT molecular complexity index is 942. The summed E-state index contributed by atoms with van der Waals surface area (Å²) in [6, 6.07) is 4.94. The molecular formula is C20H25N5O3S. The maximum atomic E-state index is 13.0. The van der Waals surface area contributed by atoms with Crippen molar-refractivity contribution in [1.29, 1.82) is 0 Å². The number of nitrogens with one attached hydrogen (secondary N) is 1. The monoisotopic (exact) mass is 415 g/mol. The van der Waals surface area contributed by atoms with Gasteiger partial charge in [-0.3, -0.25) is 14.4 Å². The molecule has 0 bridgehead atoms. The number of aryl methyl sites for hydroxylation is 1. The molecule has 8 nitrogen and oxygen atoms in total. The van der Waals surface area contributed by atoms with Gasteiger partial charge in [-0.25, -0.2) is 4.98 Å². The molecule has 1 saturated heterocycles. The van der Waals surface area contributed by atoms with Gasteiger partial charge in [0.1, 0.15) is 5.82 Å². The molecule has 2 aromatic rings. The first-order chi connectivity index (χ1) is 13.8. The third-order valence-corrected chi connectivity index (χ3v) is 6.31. The van der Waals surface area contributed by atoms with E-state index in [1.54, 1.807) is 23.1 Å². The predicted octanol–water partition coefficient (Wildman–Crippen LogP) is 2.32. The fourth-order valence-corrected chi connectivity index (χ4v) is 4.53. The van der Waals surface area contributed by atoms with Crippen LogP contribution in [0.25, 0.3) is 0 Å². The van der Waals surface area contributed by atoms with E-state index in [1.807, 2.05) is 6.92 Å². The number of amides is 3. The highest BCUT2D eigenvalue weighted by Gasteiger charge is 2.35. The van der Waals surface area contributed by atoms with Gasteiger partial charge in [0.15, 0.2) is 0 Å². The van der Waals surface area contributed by atoms with Crippen LogP contribution in [0.5, 0.6) is 0 Å². The summed E-state index contributed by atoms with van der Waals surface area (Å²) in [7, 11) is 0. The lowest BCUT2D eigenvalue weighted by molar-refractivity contribution is -0.146. The van der Waals surface area contributed by atoms with Gasteiger partial charge in [0.2, 0.25) is 0 Å². The molecular weight excluding hydrogens is 390 g/mol. The summed E-state index contributed by atoms with van der Waals surface area (Å²) in [4.78, 5) is 44.0. The highest BCUT2D eigenvalue weighted by Crippen LogP contribution is 2.36. The average Bonchev–Trinajstić information content (AvgIpc) is 3.19. The number of carbonyl (C=O) groups is 3. The Morgan fingerprint density at radius 2 is 2.07 bits per heavy atom. The Kier molecular flexibility index (Phi) is 6.17. The number of carbonyl (C=O) groups excluding carboxylic acids is 3. The summed E-state index contributed by atoms with van der Waals surface area (Å²) in [5.74, 6) is -1.13. The summed E-state index contributed by atoms with van der Waals surface area (Å²) in [5, 5.41) is 2.63. The van der Waals surface area contributed by atoms with E-state index in [0.29, 0.717) is 29.3 Å². The number of hydrogen-bond acceptors (Lipinski definition) is 6. The number of rotatable bonds is 4. The van der Waals surface area contributed by atoms with E-state index in [1.165, 1.54) is 17.5 Å². The quantitative estimate of drug-likeness (QED) is 0.660. The minimum absolute atomic E-state index is 0.252. The summed E-state index contributed by atoms with van der Waals surface area (Å²) in [6.07, 6.45) is 3.76. The lowest BCUT2D eigenvalue weighted by atomic mass is 9.93. The lowest BCUT2D eigenvalue weighted by Gasteiger charge is -2.37. The van der Waals surface area contributed by atoms with Crippen LogP contribution in [0.1, 0.15) is 52.8 Å². The van der Waals surface area contributed by atoms with Gasteiger partial charge in [-0.1, -0.05) is 13.8 Å². The molecule has 3 rings (SSSR count). The first kappa shape index (κ1) is 20.8. The standard InChI is InChI=1S/C20H25N5O3S/c1-3-12-8-13(9-23-17(12)21)24-19(27)20(28)25-10-11(2)4-5-14(25)15-6-7-16(29-15)18(22)26/h6-9,11,14H,3-5,10H2,1-2H3,(H2,21,23)(H2,22,26)(H,24,27)/t11-,14+/m1/s1. The normalized spacial score (nSPS) is 19.0. The third kappa shape index (κ3) is 4.56. The third-order valence-electron chi connectivity index (χ3n) is 5.11. The highest BCUT2D eigenvalue weighted by atomic mass is 32.1. The summed E-state index contributed by atoms with van der Waals surface area (Å²) in [5.41, 5.74) is 12.4.